The maximum atomic E-state index is 12.9. The van der Waals surface area contributed by atoms with Crippen LogP contribution in [0.25, 0.3) is 11.1 Å². The Balaban J connectivity index is 1.22. The number of piperazine rings is 1. The van der Waals surface area contributed by atoms with Crippen LogP contribution in [0.15, 0.2) is 40.3 Å². The molecule has 3 aromatic rings. The second kappa shape index (κ2) is 6.90. The van der Waals surface area contributed by atoms with Crippen LogP contribution in [0, 0.1) is 5.92 Å². The Kier molecular flexibility index (Phi) is 4.23. The summed E-state index contributed by atoms with van der Waals surface area (Å²) in [6.45, 7) is 2.93. The molecule has 144 valence electrons. The maximum Gasteiger partial charge on any atom is 0.298 e. The smallest absolute Gasteiger partial charge is 0.298 e. The van der Waals surface area contributed by atoms with Crippen LogP contribution in [-0.2, 0) is 9.59 Å². The van der Waals surface area contributed by atoms with E-state index in [9.17, 15) is 9.59 Å². The van der Waals surface area contributed by atoms with Crippen LogP contribution in [-0.4, -0.2) is 59.4 Å². The largest absolute Gasteiger partial charge is 0.423 e. The molecule has 5 rings (SSSR count). The SMILES string of the molecule is O=C(C1CC(=O)N(c2nccs2)C1)N1CCN(c2nc3ccccc3o2)CC1. The molecule has 2 fully saturated rings. The van der Waals surface area contributed by atoms with E-state index in [1.165, 1.54) is 11.3 Å². The Morgan fingerprint density at radius 1 is 1.18 bits per heavy atom. The van der Waals surface area contributed by atoms with Crippen LogP contribution in [0.5, 0.6) is 0 Å². The number of carbonyl (C=O) groups is 2. The van der Waals surface area contributed by atoms with Gasteiger partial charge in [0.15, 0.2) is 10.7 Å². The highest BCUT2D eigenvalue weighted by molar-refractivity contribution is 7.13. The average molecular weight is 397 g/mol. The van der Waals surface area contributed by atoms with E-state index in [1.807, 2.05) is 34.5 Å². The summed E-state index contributed by atoms with van der Waals surface area (Å²) in [4.78, 5) is 39.5. The molecule has 0 aliphatic carbocycles. The van der Waals surface area contributed by atoms with Crippen LogP contribution in [0.3, 0.4) is 0 Å². The summed E-state index contributed by atoms with van der Waals surface area (Å²) < 4.78 is 5.83. The molecule has 8 nitrogen and oxygen atoms in total. The van der Waals surface area contributed by atoms with Crippen molar-refractivity contribution >= 4 is 45.4 Å². The summed E-state index contributed by atoms with van der Waals surface area (Å²) in [7, 11) is 0. The third-order valence-electron chi connectivity index (χ3n) is 5.27. The second-order valence-electron chi connectivity index (χ2n) is 7.00. The number of aromatic nitrogens is 2. The van der Waals surface area contributed by atoms with Gasteiger partial charge in [-0.15, -0.1) is 11.3 Å². The van der Waals surface area contributed by atoms with Gasteiger partial charge in [-0.2, -0.15) is 4.98 Å². The Labute approximate surface area is 165 Å². The van der Waals surface area contributed by atoms with Gasteiger partial charge in [0.05, 0.1) is 5.92 Å². The lowest BCUT2D eigenvalue weighted by atomic mass is 10.1. The van der Waals surface area contributed by atoms with E-state index in [0.717, 1.165) is 11.1 Å². The molecule has 2 amide bonds. The molecule has 28 heavy (non-hydrogen) atoms. The number of hydrogen-bond acceptors (Lipinski definition) is 7. The topological polar surface area (TPSA) is 82.8 Å². The zero-order valence-corrected chi connectivity index (χ0v) is 16.0. The predicted molar refractivity (Wildman–Crippen MR) is 105 cm³/mol. The van der Waals surface area contributed by atoms with Crippen LogP contribution in [0.4, 0.5) is 11.1 Å². The Hall–Kier alpha value is -2.94. The van der Waals surface area contributed by atoms with Gasteiger partial charge in [-0.25, -0.2) is 4.98 Å². The molecular formula is C19H19N5O3S. The number of nitrogens with zero attached hydrogens (tertiary/aromatic N) is 5. The lowest BCUT2D eigenvalue weighted by Crippen LogP contribution is -2.50. The maximum absolute atomic E-state index is 12.9. The molecule has 1 aromatic carbocycles. The highest BCUT2D eigenvalue weighted by Gasteiger charge is 2.39. The molecule has 2 aliphatic rings. The van der Waals surface area contributed by atoms with Gasteiger partial charge in [-0.3, -0.25) is 14.5 Å². The minimum Gasteiger partial charge on any atom is -0.423 e. The number of anilines is 2. The first-order valence-electron chi connectivity index (χ1n) is 9.28. The monoisotopic (exact) mass is 397 g/mol. The van der Waals surface area contributed by atoms with Crippen molar-refractivity contribution in [2.75, 3.05) is 42.5 Å². The molecule has 1 unspecified atom stereocenters. The van der Waals surface area contributed by atoms with Crippen molar-refractivity contribution in [3.63, 3.8) is 0 Å². The summed E-state index contributed by atoms with van der Waals surface area (Å²) >= 11 is 1.42. The van der Waals surface area contributed by atoms with Gasteiger partial charge in [0, 0.05) is 50.7 Å². The summed E-state index contributed by atoms with van der Waals surface area (Å²) in [6.07, 6.45) is 1.93. The number of oxazole rings is 1. The van der Waals surface area contributed by atoms with E-state index < -0.39 is 0 Å². The number of fused-ring (bicyclic) bond motifs is 1. The molecule has 2 aromatic heterocycles. The van der Waals surface area contributed by atoms with Crippen molar-refractivity contribution in [2.45, 2.75) is 6.42 Å². The van der Waals surface area contributed by atoms with Crippen molar-refractivity contribution in [1.29, 1.82) is 0 Å². The third-order valence-corrected chi connectivity index (χ3v) is 6.06. The van der Waals surface area contributed by atoms with Crippen molar-refractivity contribution in [3.05, 3.63) is 35.8 Å². The van der Waals surface area contributed by atoms with Gasteiger partial charge in [-0.1, -0.05) is 12.1 Å². The van der Waals surface area contributed by atoms with E-state index in [4.69, 9.17) is 4.42 Å². The number of carbonyl (C=O) groups excluding carboxylic acids is 2. The first-order valence-corrected chi connectivity index (χ1v) is 10.2. The minimum atomic E-state index is -0.299. The standard InChI is InChI=1S/C19H19N5O3S/c25-16-11-13(12-24(16)19-20-5-10-28-19)17(26)22-6-8-23(9-7-22)18-21-14-3-1-2-4-15(14)27-18/h1-5,10,13H,6-9,11-12H2. The first-order chi connectivity index (χ1) is 13.7. The molecule has 0 spiro atoms. The molecular weight excluding hydrogens is 378 g/mol. The normalized spacial score (nSPS) is 20.4. The van der Waals surface area contributed by atoms with Crippen molar-refractivity contribution < 1.29 is 14.0 Å². The van der Waals surface area contributed by atoms with E-state index in [1.54, 1.807) is 11.1 Å². The molecule has 0 saturated carbocycles. The van der Waals surface area contributed by atoms with E-state index >= 15 is 0 Å². The Morgan fingerprint density at radius 2 is 2.00 bits per heavy atom. The fourth-order valence-electron chi connectivity index (χ4n) is 3.78. The molecule has 0 radical (unpaired) electrons. The zero-order valence-electron chi connectivity index (χ0n) is 15.2. The lowest BCUT2D eigenvalue weighted by molar-refractivity contribution is -0.136. The number of hydrogen-bond donors (Lipinski definition) is 0. The van der Waals surface area contributed by atoms with Crippen molar-refractivity contribution in [2.24, 2.45) is 5.92 Å². The molecule has 0 N–H and O–H groups in total. The highest BCUT2D eigenvalue weighted by Crippen LogP contribution is 2.28. The summed E-state index contributed by atoms with van der Waals surface area (Å²) in [5.41, 5.74) is 1.60. The van der Waals surface area contributed by atoms with E-state index in [2.05, 4.69) is 14.9 Å². The molecule has 4 heterocycles. The molecule has 2 aliphatic heterocycles. The predicted octanol–water partition coefficient (Wildman–Crippen LogP) is 1.99. The number of para-hydroxylation sites is 2. The van der Waals surface area contributed by atoms with Gasteiger partial charge < -0.3 is 14.2 Å². The zero-order chi connectivity index (χ0) is 19.1. The quantitative estimate of drug-likeness (QED) is 0.672. The molecule has 9 heteroatoms. The average Bonchev–Trinajstić information content (AvgIpc) is 3.46. The van der Waals surface area contributed by atoms with Gasteiger partial charge in [0.2, 0.25) is 11.8 Å². The fraction of sp³-hybridized carbons (Fsp3) is 0.368. The van der Waals surface area contributed by atoms with Crippen molar-refractivity contribution in [1.82, 2.24) is 14.9 Å². The van der Waals surface area contributed by atoms with Crippen LogP contribution < -0.4 is 9.80 Å². The first kappa shape index (κ1) is 17.2. The summed E-state index contributed by atoms with van der Waals surface area (Å²) in [5.74, 6) is -0.282. The van der Waals surface area contributed by atoms with E-state index in [0.29, 0.717) is 43.9 Å². The molecule has 2 saturated heterocycles. The second-order valence-corrected chi connectivity index (χ2v) is 7.87. The Bertz CT molecular complexity index is 977. The van der Waals surface area contributed by atoms with Crippen LogP contribution >= 0.6 is 11.3 Å². The minimum absolute atomic E-state index is 0.0292. The summed E-state index contributed by atoms with van der Waals surface area (Å²) in [6, 6.07) is 8.28. The number of benzene rings is 1. The fourth-order valence-corrected chi connectivity index (χ4v) is 4.45. The Morgan fingerprint density at radius 3 is 2.75 bits per heavy atom. The lowest BCUT2D eigenvalue weighted by Gasteiger charge is -2.35. The third kappa shape index (κ3) is 3.01. The van der Waals surface area contributed by atoms with Gasteiger partial charge in [0.1, 0.15) is 5.52 Å². The number of rotatable bonds is 3. The van der Waals surface area contributed by atoms with E-state index in [-0.39, 0.29) is 24.2 Å². The summed E-state index contributed by atoms with van der Waals surface area (Å²) in [5, 5.41) is 2.50. The van der Waals surface area contributed by atoms with Crippen LogP contribution in [0.1, 0.15) is 6.42 Å². The van der Waals surface area contributed by atoms with Crippen LogP contribution in [0.2, 0.25) is 0 Å². The molecule has 1 atom stereocenters. The van der Waals surface area contributed by atoms with Gasteiger partial charge in [0.25, 0.3) is 6.01 Å². The molecule has 0 bridgehead atoms. The highest BCUT2D eigenvalue weighted by atomic mass is 32.1. The van der Waals surface area contributed by atoms with Crippen molar-refractivity contribution in [3.8, 4) is 0 Å². The number of amides is 2. The number of thiazole rings is 1. The van der Waals surface area contributed by atoms with Gasteiger partial charge >= 0.3 is 0 Å². The van der Waals surface area contributed by atoms with Gasteiger partial charge in [-0.05, 0) is 12.1 Å².